The zero-order valence-electron chi connectivity index (χ0n) is 15.3. The molecule has 1 aromatic rings. The minimum absolute atomic E-state index is 0.0471. The van der Waals surface area contributed by atoms with E-state index in [2.05, 4.69) is 16.3 Å². The Morgan fingerprint density at radius 1 is 1.33 bits per heavy atom. The van der Waals surface area contributed by atoms with Gasteiger partial charge in [-0.25, -0.2) is 0 Å². The topological polar surface area (TPSA) is 49.4 Å². The van der Waals surface area contributed by atoms with E-state index in [1.54, 1.807) is 24.3 Å². The van der Waals surface area contributed by atoms with Crippen LogP contribution in [0.2, 0.25) is 5.02 Å². The molecule has 3 rings (SSSR count). The van der Waals surface area contributed by atoms with Crippen LogP contribution >= 0.6 is 23.2 Å². The number of benzene rings is 1. The summed E-state index contributed by atoms with van der Waals surface area (Å²) in [7, 11) is 0. The average molecular weight is 405 g/mol. The number of anilines is 1. The summed E-state index contributed by atoms with van der Waals surface area (Å²) in [5, 5.41) is 3.19. The Balaban J connectivity index is 1.66. The molecule has 142 valence electrons. The van der Waals surface area contributed by atoms with Crippen LogP contribution in [0.3, 0.4) is 0 Å². The molecule has 6 heteroatoms. The van der Waals surface area contributed by atoms with Gasteiger partial charge in [0.2, 0.25) is 5.78 Å². The van der Waals surface area contributed by atoms with Crippen LogP contribution in [0.5, 0.6) is 0 Å². The Morgan fingerprint density at radius 3 is 2.78 bits per heavy atom. The Labute approximate surface area is 169 Å². The summed E-state index contributed by atoms with van der Waals surface area (Å²) in [5.74, 6) is -1.54. The first-order valence-electron chi connectivity index (χ1n) is 8.92. The van der Waals surface area contributed by atoms with E-state index >= 15 is 0 Å². The molecule has 0 aromatic heterocycles. The van der Waals surface area contributed by atoms with Crippen molar-refractivity contribution in [1.82, 2.24) is 4.90 Å². The summed E-state index contributed by atoms with van der Waals surface area (Å²) in [5.41, 5.74) is 2.68. The largest absolute Gasteiger partial charge is 0.367 e. The van der Waals surface area contributed by atoms with Crippen molar-refractivity contribution < 1.29 is 9.59 Å². The number of Topliss-reactive ketones (excluding diaryl/α,β-unsaturated/α-hetero) is 1. The van der Waals surface area contributed by atoms with E-state index in [4.69, 9.17) is 23.2 Å². The number of rotatable bonds is 5. The number of nitrogens with zero attached hydrogens (tertiary/aromatic N) is 1. The Bertz CT molecular complexity index is 844. The van der Waals surface area contributed by atoms with Gasteiger partial charge in [0.1, 0.15) is 0 Å². The average Bonchev–Trinajstić information content (AvgIpc) is 2.91. The van der Waals surface area contributed by atoms with Crippen LogP contribution in [-0.2, 0) is 9.59 Å². The highest BCUT2D eigenvalue weighted by Gasteiger charge is 2.37. The predicted octanol–water partition coefficient (Wildman–Crippen LogP) is 4.57. The first kappa shape index (κ1) is 19.7. The third kappa shape index (κ3) is 4.63. The highest BCUT2D eigenvalue weighted by molar-refractivity contribution is 6.42. The highest BCUT2D eigenvalue weighted by Crippen LogP contribution is 2.30. The second kappa shape index (κ2) is 8.32. The maximum atomic E-state index is 12.7. The van der Waals surface area contributed by atoms with E-state index in [-0.39, 0.29) is 11.4 Å². The minimum Gasteiger partial charge on any atom is -0.367 e. The Hall–Kier alpha value is -2.04. The first-order valence-corrected chi connectivity index (χ1v) is 9.73. The fourth-order valence-electron chi connectivity index (χ4n) is 3.44. The van der Waals surface area contributed by atoms with E-state index in [9.17, 15) is 9.59 Å². The third-order valence-electron chi connectivity index (χ3n) is 4.97. The number of allylic oxidation sites excluding steroid dienone is 3. The number of carbonyl (C=O) groups is 2. The van der Waals surface area contributed by atoms with Gasteiger partial charge in [-0.2, -0.15) is 0 Å². The van der Waals surface area contributed by atoms with Crippen LogP contribution in [0, 0.1) is 5.92 Å². The SMILES string of the molecule is CC1=CC(C(=O)C(=O)Nc2cccc(Cl)c2)C(C)N1CC1=CCC(Cl)C=C1. The van der Waals surface area contributed by atoms with Gasteiger partial charge in [0.05, 0.1) is 11.3 Å². The monoisotopic (exact) mass is 404 g/mol. The van der Waals surface area contributed by atoms with E-state index in [1.165, 1.54) is 5.57 Å². The molecule has 0 radical (unpaired) electrons. The number of alkyl halides is 1. The highest BCUT2D eigenvalue weighted by atomic mass is 35.5. The van der Waals surface area contributed by atoms with E-state index in [0.717, 1.165) is 12.1 Å². The molecule has 1 aliphatic heterocycles. The molecule has 1 N–H and O–H groups in total. The quantitative estimate of drug-likeness (QED) is 0.577. The van der Waals surface area contributed by atoms with E-state index in [0.29, 0.717) is 17.3 Å². The number of carbonyl (C=O) groups excluding carboxylic acids is 2. The van der Waals surface area contributed by atoms with Gasteiger partial charge >= 0.3 is 0 Å². The maximum absolute atomic E-state index is 12.7. The number of halogens is 2. The summed E-state index contributed by atoms with van der Waals surface area (Å²) < 4.78 is 0. The molecule has 27 heavy (non-hydrogen) atoms. The van der Waals surface area contributed by atoms with Gasteiger partial charge in [0, 0.05) is 29.0 Å². The molecule has 0 saturated heterocycles. The zero-order valence-corrected chi connectivity index (χ0v) is 16.8. The summed E-state index contributed by atoms with van der Waals surface area (Å²) in [4.78, 5) is 27.3. The fraction of sp³-hybridized carbons (Fsp3) is 0.333. The van der Waals surface area contributed by atoms with Crippen LogP contribution in [0.1, 0.15) is 20.3 Å². The molecule has 0 bridgehead atoms. The Kier molecular flexibility index (Phi) is 6.08. The molecular formula is C21H22Cl2N2O2. The summed E-state index contributed by atoms with van der Waals surface area (Å²) in [6, 6.07) is 6.66. The van der Waals surface area contributed by atoms with Gasteiger partial charge in [0.15, 0.2) is 0 Å². The fourth-order valence-corrected chi connectivity index (χ4v) is 3.79. The van der Waals surface area contributed by atoms with Gasteiger partial charge < -0.3 is 10.2 Å². The molecule has 1 aliphatic carbocycles. The number of ketones is 1. The molecule has 0 spiro atoms. The maximum Gasteiger partial charge on any atom is 0.292 e. The molecular weight excluding hydrogens is 383 g/mol. The van der Waals surface area contributed by atoms with E-state index in [1.807, 2.05) is 32.1 Å². The van der Waals surface area contributed by atoms with Crippen molar-refractivity contribution in [3.05, 3.63) is 64.9 Å². The smallest absolute Gasteiger partial charge is 0.292 e. The number of nitrogens with one attached hydrogen (secondary N) is 1. The molecule has 1 aromatic carbocycles. The van der Waals surface area contributed by atoms with Crippen LogP contribution in [-0.4, -0.2) is 34.6 Å². The normalized spacial score (nSPS) is 24.4. The van der Waals surface area contributed by atoms with Crippen LogP contribution < -0.4 is 5.32 Å². The van der Waals surface area contributed by atoms with Crippen LogP contribution in [0.15, 0.2) is 59.8 Å². The molecule has 3 unspecified atom stereocenters. The molecule has 0 fully saturated rings. The summed E-state index contributed by atoms with van der Waals surface area (Å²) >= 11 is 12.0. The lowest BCUT2D eigenvalue weighted by Crippen LogP contribution is -2.39. The predicted molar refractivity (Wildman–Crippen MR) is 110 cm³/mol. The molecule has 4 nitrogen and oxygen atoms in total. The van der Waals surface area contributed by atoms with Crippen LogP contribution in [0.4, 0.5) is 5.69 Å². The second-order valence-corrected chi connectivity index (χ2v) is 7.92. The van der Waals surface area contributed by atoms with Crippen molar-refractivity contribution in [3.8, 4) is 0 Å². The molecule has 2 aliphatic rings. The van der Waals surface area contributed by atoms with Crippen molar-refractivity contribution in [1.29, 1.82) is 0 Å². The Morgan fingerprint density at radius 2 is 2.11 bits per heavy atom. The first-order chi connectivity index (χ1) is 12.8. The van der Waals surface area contributed by atoms with E-state index < -0.39 is 17.6 Å². The number of amides is 1. The van der Waals surface area contributed by atoms with Gasteiger partial charge in [0.25, 0.3) is 5.91 Å². The van der Waals surface area contributed by atoms with Gasteiger partial charge in [-0.3, -0.25) is 9.59 Å². The van der Waals surface area contributed by atoms with Crippen molar-refractivity contribution in [3.63, 3.8) is 0 Å². The lowest BCUT2D eigenvalue weighted by Gasteiger charge is -2.29. The second-order valence-electron chi connectivity index (χ2n) is 6.92. The van der Waals surface area contributed by atoms with Crippen molar-refractivity contribution in [2.45, 2.75) is 31.7 Å². The number of hydrogen-bond donors (Lipinski definition) is 1. The van der Waals surface area contributed by atoms with Crippen molar-refractivity contribution >= 4 is 40.6 Å². The van der Waals surface area contributed by atoms with Crippen molar-refractivity contribution in [2.24, 2.45) is 5.92 Å². The third-order valence-corrected chi connectivity index (χ3v) is 5.53. The lowest BCUT2D eigenvalue weighted by atomic mass is 9.97. The molecule has 1 amide bonds. The van der Waals surface area contributed by atoms with Crippen molar-refractivity contribution in [2.75, 3.05) is 11.9 Å². The molecule has 1 heterocycles. The zero-order chi connectivity index (χ0) is 19.6. The number of hydrogen-bond acceptors (Lipinski definition) is 3. The van der Waals surface area contributed by atoms with Gasteiger partial charge in [-0.15, -0.1) is 11.6 Å². The molecule has 3 atom stereocenters. The van der Waals surface area contributed by atoms with Gasteiger partial charge in [-0.05, 0) is 44.0 Å². The lowest BCUT2D eigenvalue weighted by molar-refractivity contribution is -0.137. The summed E-state index contributed by atoms with van der Waals surface area (Å²) in [6.07, 6.45) is 8.82. The summed E-state index contributed by atoms with van der Waals surface area (Å²) in [6.45, 7) is 4.64. The van der Waals surface area contributed by atoms with Gasteiger partial charge in [-0.1, -0.05) is 42.0 Å². The van der Waals surface area contributed by atoms with Crippen LogP contribution in [0.25, 0.3) is 0 Å². The minimum atomic E-state index is -0.623. The standard InChI is InChI=1S/C21H22Cl2N2O2/c1-13-10-19(14(2)25(13)12-15-6-8-16(22)9-7-15)20(26)21(27)24-18-5-3-4-17(23)11-18/h3-8,10-11,14,16,19H,9,12H2,1-2H3,(H,24,27). The molecule has 0 saturated carbocycles.